The maximum absolute atomic E-state index is 12.7. The van der Waals surface area contributed by atoms with Gasteiger partial charge in [0.05, 0.1) is 24.7 Å². The van der Waals surface area contributed by atoms with Gasteiger partial charge in [-0.25, -0.2) is 8.42 Å². The van der Waals surface area contributed by atoms with Gasteiger partial charge in [-0.05, 0) is 38.5 Å². The summed E-state index contributed by atoms with van der Waals surface area (Å²) in [4.78, 5) is 16.8. The van der Waals surface area contributed by atoms with Crippen LogP contribution in [0.3, 0.4) is 0 Å². The summed E-state index contributed by atoms with van der Waals surface area (Å²) in [5.74, 6) is 0.963. The molecule has 0 bridgehead atoms. The van der Waals surface area contributed by atoms with E-state index in [2.05, 4.69) is 4.90 Å². The van der Waals surface area contributed by atoms with E-state index in [4.69, 9.17) is 4.74 Å². The molecule has 0 aromatic heterocycles. The predicted octanol–water partition coefficient (Wildman–Crippen LogP) is 0.523. The van der Waals surface area contributed by atoms with Gasteiger partial charge in [-0.15, -0.1) is 0 Å². The maximum atomic E-state index is 12.7. The van der Waals surface area contributed by atoms with E-state index < -0.39 is 9.84 Å². The monoisotopic (exact) mass is 344 g/mol. The molecule has 6 nitrogen and oxygen atoms in total. The molecule has 0 unspecified atom stereocenters. The molecule has 3 fully saturated rings. The largest absolute Gasteiger partial charge is 0.381 e. The molecule has 7 heteroatoms. The Morgan fingerprint density at radius 1 is 1.17 bits per heavy atom. The van der Waals surface area contributed by atoms with E-state index in [1.807, 2.05) is 6.92 Å². The van der Waals surface area contributed by atoms with Crippen LogP contribution in [0.4, 0.5) is 0 Å². The van der Waals surface area contributed by atoms with Crippen LogP contribution in [-0.2, 0) is 19.4 Å². The van der Waals surface area contributed by atoms with E-state index in [1.165, 1.54) is 12.8 Å². The van der Waals surface area contributed by atoms with Crippen LogP contribution in [0.2, 0.25) is 0 Å². The molecule has 0 aromatic carbocycles. The Morgan fingerprint density at radius 2 is 1.96 bits per heavy atom. The van der Waals surface area contributed by atoms with E-state index in [9.17, 15) is 13.2 Å². The number of sulfone groups is 1. The van der Waals surface area contributed by atoms with Crippen LogP contribution in [0.25, 0.3) is 0 Å². The third kappa shape index (κ3) is 4.45. The molecular weight excluding hydrogens is 316 g/mol. The fraction of sp³-hybridized carbons (Fsp3) is 0.938. The highest BCUT2D eigenvalue weighted by Gasteiger charge is 2.37. The van der Waals surface area contributed by atoms with Crippen LogP contribution in [0.5, 0.6) is 0 Å². The van der Waals surface area contributed by atoms with Gasteiger partial charge < -0.3 is 9.64 Å². The summed E-state index contributed by atoms with van der Waals surface area (Å²) in [6.07, 6.45) is 4.01. The predicted molar refractivity (Wildman–Crippen MR) is 88.0 cm³/mol. The average Bonchev–Trinajstić information content (AvgIpc) is 3.11. The van der Waals surface area contributed by atoms with Crippen molar-refractivity contribution in [2.45, 2.75) is 44.7 Å². The summed E-state index contributed by atoms with van der Waals surface area (Å²) in [6, 6.07) is 0.402. The van der Waals surface area contributed by atoms with Gasteiger partial charge in [-0.1, -0.05) is 0 Å². The minimum absolute atomic E-state index is 0.0837. The fourth-order valence-electron chi connectivity index (χ4n) is 3.77. The number of ether oxygens (including phenoxy) is 1. The molecule has 0 aromatic rings. The quantitative estimate of drug-likeness (QED) is 0.674. The van der Waals surface area contributed by atoms with Crippen molar-refractivity contribution in [1.29, 1.82) is 0 Å². The Labute approximate surface area is 139 Å². The van der Waals surface area contributed by atoms with E-state index in [0.717, 1.165) is 26.2 Å². The maximum Gasteiger partial charge on any atom is 0.237 e. The van der Waals surface area contributed by atoms with Crippen molar-refractivity contribution in [3.8, 4) is 0 Å². The molecule has 23 heavy (non-hydrogen) atoms. The smallest absolute Gasteiger partial charge is 0.237 e. The number of amides is 1. The van der Waals surface area contributed by atoms with Gasteiger partial charge in [-0.2, -0.15) is 0 Å². The van der Waals surface area contributed by atoms with E-state index in [1.54, 1.807) is 4.90 Å². The third-order valence-electron chi connectivity index (χ3n) is 5.23. The zero-order valence-electron chi connectivity index (χ0n) is 13.9. The van der Waals surface area contributed by atoms with Crippen molar-refractivity contribution in [1.82, 2.24) is 9.80 Å². The van der Waals surface area contributed by atoms with Gasteiger partial charge in [-0.3, -0.25) is 9.69 Å². The molecule has 2 heterocycles. The Hall–Kier alpha value is -0.660. The normalized spacial score (nSPS) is 30.0. The first-order valence-corrected chi connectivity index (χ1v) is 10.6. The summed E-state index contributed by atoms with van der Waals surface area (Å²) in [6.45, 7) is 5.51. The molecule has 132 valence electrons. The Balaban J connectivity index is 1.58. The molecule has 2 saturated heterocycles. The van der Waals surface area contributed by atoms with Crippen LogP contribution in [0.1, 0.15) is 32.6 Å². The first kappa shape index (κ1) is 17.2. The summed E-state index contributed by atoms with van der Waals surface area (Å²) >= 11 is 0. The van der Waals surface area contributed by atoms with Crippen molar-refractivity contribution in [2.75, 3.05) is 44.4 Å². The molecule has 3 aliphatic rings. The molecule has 0 radical (unpaired) electrons. The number of hydrogen-bond donors (Lipinski definition) is 0. The first-order valence-electron chi connectivity index (χ1n) is 8.80. The zero-order chi connectivity index (χ0) is 16.4. The van der Waals surface area contributed by atoms with Gasteiger partial charge in [0.15, 0.2) is 9.84 Å². The molecule has 1 saturated carbocycles. The lowest BCUT2D eigenvalue weighted by atomic mass is 10.1. The molecule has 2 atom stereocenters. The Morgan fingerprint density at radius 3 is 2.48 bits per heavy atom. The van der Waals surface area contributed by atoms with Gasteiger partial charge in [0.2, 0.25) is 5.91 Å². The van der Waals surface area contributed by atoms with Crippen LogP contribution in [0.15, 0.2) is 0 Å². The first-order chi connectivity index (χ1) is 11.0. The van der Waals surface area contributed by atoms with Gasteiger partial charge in [0.25, 0.3) is 0 Å². The van der Waals surface area contributed by atoms with Crippen molar-refractivity contribution in [2.24, 2.45) is 5.92 Å². The van der Waals surface area contributed by atoms with E-state index in [0.29, 0.717) is 31.5 Å². The lowest BCUT2D eigenvalue weighted by Gasteiger charge is -2.31. The zero-order valence-corrected chi connectivity index (χ0v) is 14.8. The highest BCUT2D eigenvalue weighted by molar-refractivity contribution is 7.91. The third-order valence-corrected chi connectivity index (χ3v) is 6.98. The molecular formula is C16H28N2O4S. The molecule has 1 aliphatic carbocycles. The lowest BCUT2D eigenvalue weighted by Crippen LogP contribution is -2.47. The van der Waals surface area contributed by atoms with Gasteiger partial charge >= 0.3 is 0 Å². The van der Waals surface area contributed by atoms with Gasteiger partial charge in [0, 0.05) is 31.8 Å². The van der Waals surface area contributed by atoms with Crippen molar-refractivity contribution >= 4 is 15.7 Å². The standard InChI is InChI=1S/C16H28N2O4S/c1-2-18(15-6-8-23(20,21)12-15)16(19)10-17(14-3-4-14)9-13-5-7-22-11-13/h13-15H,2-12H2,1H3/t13-,15-/m0/s1. The lowest BCUT2D eigenvalue weighted by molar-refractivity contribution is -0.134. The van der Waals surface area contributed by atoms with Crippen molar-refractivity contribution in [3.63, 3.8) is 0 Å². The second-order valence-corrected chi connectivity index (χ2v) is 9.36. The van der Waals surface area contributed by atoms with E-state index in [-0.39, 0.29) is 23.5 Å². The number of carbonyl (C=O) groups excluding carboxylic acids is 1. The average molecular weight is 344 g/mol. The molecule has 2 aliphatic heterocycles. The topological polar surface area (TPSA) is 66.9 Å². The molecule has 1 amide bonds. The van der Waals surface area contributed by atoms with Crippen LogP contribution in [-0.4, -0.2) is 80.6 Å². The highest BCUT2D eigenvalue weighted by Crippen LogP contribution is 2.29. The SMILES string of the molecule is CCN(C(=O)CN(C[C@@H]1CCOC1)C1CC1)[C@H]1CCS(=O)(=O)C1. The summed E-state index contributed by atoms with van der Waals surface area (Å²) < 4.78 is 28.8. The molecule has 3 rings (SSSR count). The van der Waals surface area contributed by atoms with Crippen molar-refractivity contribution < 1.29 is 17.9 Å². The molecule has 0 spiro atoms. The number of likely N-dealkylation sites (N-methyl/N-ethyl adjacent to an activating group) is 1. The Kier molecular flexibility index (Phi) is 5.28. The highest BCUT2D eigenvalue weighted by atomic mass is 32.2. The number of nitrogens with zero attached hydrogens (tertiary/aromatic N) is 2. The van der Waals surface area contributed by atoms with Crippen LogP contribution < -0.4 is 0 Å². The second kappa shape index (κ2) is 7.07. The minimum atomic E-state index is -2.96. The van der Waals surface area contributed by atoms with Gasteiger partial charge in [0.1, 0.15) is 0 Å². The summed E-state index contributed by atoms with van der Waals surface area (Å²) in [5.41, 5.74) is 0. The van der Waals surface area contributed by atoms with Crippen molar-refractivity contribution in [3.05, 3.63) is 0 Å². The fourth-order valence-corrected chi connectivity index (χ4v) is 5.50. The summed E-state index contributed by atoms with van der Waals surface area (Å²) in [7, 11) is -2.96. The molecule has 0 N–H and O–H groups in total. The van der Waals surface area contributed by atoms with Crippen LogP contribution in [0, 0.1) is 5.92 Å². The van der Waals surface area contributed by atoms with Crippen LogP contribution >= 0.6 is 0 Å². The number of hydrogen-bond acceptors (Lipinski definition) is 5. The summed E-state index contributed by atoms with van der Waals surface area (Å²) in [5, 5.41) is 0. The minimum Gasteiger partial charge on any atom is -0.381 e. The Bertz CT molecular complexity index is 526. The number of carbonyl (C=O) groups is 1. The number of rotatable bonds is 7. The second-order valence-electron chi connectivity index (χ2n) is 7.13. The van der Waals surface area contributed by atoms with E-state index >= 15 is 0 Å².